The first-order chi connectivity index (χ1) is 14.4. The molecule has 1 atom stereocenters. The standard InChI is InChI=1S/C23H26N2O4S/c1-30(28,29)25(21-12-11-17-7-5-6-10-20(17)21)23(27)19-13-15-24(16-14-19)22(26)18-8-3-2-4-9-18/h2-10,19,21H,11-16H2,1H3. The Morgan fingerprint density at radius 1 is 0.933 bits per heavy atom. The first-order valence-electron chi connectivity index (χ1n) is 10.3. The van der Waals surface area contributed by atoms with Gasteiger partial charge in [0.15, 0.2) is 0 Å². The van der Waals surface area contributed by atoms with Gasteiger partial charge in [0.2, 0.25) is 15.9 Å². The normalized spacial score (nSPS) is 19.4. The molecule has 0 spiro atoms. The lowest BCUT2D eigenvalue weighted by Crippen LogP contribution is -2.47. The van der Waals surface area contributed by atoms with Crippen LogP contribution in [0.3, 0.4) is 0 Å². The molecule has 0 saturated carbocycles. The maximum atomic E-state index is 13.3. The van der Waals surface area contributed by atoms with E-state index in [0.29, 0.717) is 37.9 Å². The third-order valence-electron chi connectivity index (χ3n) is 6.11. The van der Waals surface area contributed by atoms with Crippen LogP contribution in [0.2, 0.25) is 0 Å². The number of likely N-dealkylation sites (tertiary alicyclic amines) is 1. The molecule has 1 unspecified atom stereocenters. The number of carbonyl (C=O) groups is 2. The minimum atomic E-state index is -3.71. The Balaban J connectivity index is 1.49. The van der Waals surface area contributed by atoms with Crippen LogP contribution >= 0.6 is 0 Å². The fourth-order valence-corrected chi connectivity index (χ4v) is 5.76. The lowest BCUT2D eigenvalue weighted by Gasteiger charge is -2.35. The number of nitrogens with zero attached hydrogens (tertiary/aromatic N) is 2. The minimum Gasteiger partial charge on any atom is -0.339 e. The fourth-order valence-electron chi connectivity index (χ4n) is 4.60. The van der Waals surface area contributed by atoms with E-state index in [1.807, 2.05) is 42.5 Å². The molecule has 0 N–H and O–H groups in total. The molecule has 6 nitrogen and oxygen atoms in total. The first kappa shape index (κ1) is 20.6. The van der Waals surface area contributed by atoms with E-state index < -0.39 is 22.0 Å². The molecule has 2 aromatic rings. The number of fused-ring (bicyclic) bond motifs is 1. The highest BCUT2D eigenvalue weighted by molar-refractivity contribution is 7.88. The molecule has 1 heterocycles. The van der Waals surface area contributed by atoms with E-state index in [-0.39, 0.29) is 11.8 Å². The third-order valence-corrected chi connectivity index (χ3v) is 7.26. The molecule has 0 bridgehead atoms. The van der Waals surface area contributed by atoms with Gasteiger partial charge in [0.25, 0.3) is 5.91 Å². The Hall–Kier alpha value is -2.67. The summed E-state index contributed by atoms with van der Waals surface area (Å²) in [5.74, 6) is -0.787. The van der Waals surface area contributed by atoms with Gasteiger partial charge in [-0.15, -0.1) is 0 Å². The predicted octanol–water partition coefficient (Wildman–Crippen LogP) is 3.01. The Morgan fingerprint density at radius 3 is 2.23 bits per heavy atom. The number of carbonyl (C=O) groups excluding carboxylic acids is 2. The van der Waals surface area contributed by atoms with Gasteiger partial charge in [0.1, 0.15) is 0 Å². The van der Waals surface area contributed by atoms with Crippen LogP contribution in [0.15, 0.2) is 54.6 Å². The summed E-state index contributed by atoms with van der Waals surface area (Å²) in [4.78, 5) is 27.7. The zero-order valence-electron chi connectivity index (χ0n) is 17.0. The van der Waals surface area contributed by atoms with Gasteiger partial charge in [-0.05, 0) is 48.9 Å². The van der Waals surface area contributed by atoms with Crippen LogP contribution in [0.4, 0.5) is 0 Å². The van der Waals surface area contributed by atoms with Gasteiger partial charge in [-0.1, -0.05) is 42.5 Å². The van der Waals surface area contributed by atoms with E-state index in [0.717, 1.165) is 28.1 Å². The molecule has 1 fully saturated rings. The Bertz CT molecular complexity index is 1040. The summed E-state index contributed by atoms with van der Waals surface area (Å²) >= 11 is 0. The SMILES string of the molecule is CS(=O)(=O)N(C(=O)C1CCN(C(=O)c2ccccc2)CC1)C1CCc2ccccc21. The number of rotatable bonds is 4. The number of hydrogen-bond donors (Lipinski definition) is 0. The molecule has 2 amide bonds. The highest BCUT2D eigenvalue weighted by atomic mass is 32.2. The van der Waals surface area contributed by atoms with Crippen molar-refractivity contribution in [3.8, 4) is 0 Å². The summed E-state index contributed by atoms with van der Waals surface area (Å²) < 4.78 is 26.3. The number of amides is 2. The molecular weight excluding hydrogens is 400 g/mol. The summed E-state index contributed by atoms with van der Waals surface area (Å²) in [6.07, 6.45) is 3.43. The Labute approximate surface area is 177 Å². The molecule has 0 radical (unpaired) electrons. The van der Waals surface area contributed by atoms with E-state index in [1.54, 1.807) is 17.0 Å². The second-order valence-corrected chi connectivity index (χ2v) is 9.94. The number of piperidine rings is 1. The van der Waals surface area contributed by atoms with Crippen LogP contribution in [0.25, 0.3) is 0 Å². The van der Waals surface area contributed by atoms with Gasteiger partial charge in [0, 0.05) is 24.6 Å². The van der Waals surface area contributed by atoms with Crippen LogP contribution in [0.1, 0.15) is 46.8 Å². The molecule has 1 saturated heterocycles. The number of sulfonamides is 1. The summed E-state index contributed by atoms with van der Waals surface area (Å²) in [6.45, 7) is 0.895. The Morgan fingerprint density at radius 2 is 1.57 bits per heavy atom. The zero-order valence-corrected chi connectivity index (χ0v) is 17.8. The van der Waals surface area contributed by atoms with Gasteiger partial charge in [0.05, 0.1) is 12.3 Å². The van der Waals surface area contributed by atoms with Crippen molar-refractivity contribution in [3.05, 3.63) is 71.3 Å². The first-order valence-corrected chi connectivity index (χ1v) is 12.2. The van der Waals surface area contributed by atoms with Crippen molar-refractivity contribution in [2.45, 2.75) is 31.7 Å². The smallest absolute Gasteiger partial charge is 0.253 e. The van der Waals surface area contributed by atoms with Crippen LogP contribution in [0, 0.1) is 5.92 Å². The van der Waals surface area contributed by atoms with Crippen molar-refractivity contribution in [1.82, 2.24) is 9.21 Å². The van der Waals surface area contributed by atoms with Gasteiger partial charge >= 0.3 is 0 Å². The Kier molecular flexibility index (Phi) is 5.64. The minimum absolute atomic E-state index is 0.0498. The van der Waals surface area contributed by atoms with Crippen molar-refractivity contribution in [1.29, 1.82) is 0 Å². The van der Waals surface area contributed by atoms with E-state index >= 15 is 0 Å². The van der Waals surface area contributed by atoms with Gasteiger partial charge in [-0.3, -0.25) is 9.59 Å². The molecule has 2 aliphatic rings. The maximum absolute atomic E-state index is 13.3. The molecular formula is C23H26N2O4S. The average Bonchev–Trinajstić information content (AvgIpc) is 3.17. The monoisotopic (exact) mass is 426 g/mol. The van der Waals surface area contributed by atoms with Crippen LogP contribution in [0.5, 0.6) is 0 Å². The molecule has 0 aromatic heterocycles. The van der Waals surface area contributed by atoms with E-state index in [2.05, 4.69) is 0 Å². The lowest BCUT2D eigenvalue weighted by atomic mass is 9.94. The summed E-state index contributed by atoms with van der Waals surface area (Å²) in [7, 11) is -3.71. The third kappa shape index (κ3) is 3.99. The maximum Gasteiger partial charge on any atom is 0.253 e. The second kappa shape index (κ2) is 8.22. The van der Waals surface area contributed by atoms with Crippen LogP contribution < -0.4 is 0 Å². The van der Waals surface area contributed by atoms with Crippen molar-refractivity contribution in [3.63, 3.8) is 0 Å². The number of benzene rings is 2. The van der Waals surface area contributed by atoms with Crippen LogP contribution in [-0.2, 0) is 21.2 Å². The second-order valence-electron chi connectivity index (χ2n) is 8.08. The zero-order chi connectivity index (χ0) is 21.3. The van der Waals surface area contributed by atoms with Crippen molar-refractivity contribution in [2.24, 2.45) is 5.92 Å². The molecule has 1 aliphatic heterocycles. The fraction of sp³-hybridized carbons (Fsp3) is 0.391. The number of hydrogen-bond acceptors (Lipinski definition) is 4. The van der Waals surface area contributed by atoms with Gasteiger partial charge in [-0.2, -0.15) is 0 Å². The molecule has 4 rings (SSSR count). The summed E-state index contributed by atoms with van der Waals surface area (Å²) in [5.41, 5.74) is 2.66. The topological polar surface area (TPSA) is 74.8 Å². The lowest BCUT2D eigenvalue weighted by molar-refractivity contribution is -0.133. The van der Waals surface area contributed by atoms with Crippen molar-refractivity contribution >= 4 is 21.8 Å². The molecule has 30 heavy (non-hydrogen) atoms. The quantitative estimate of drug-likeness (QED) is 0.753. The van der Waals surface area contributed by atoms with E-state index in [9.17, 15) is 18.0 Å². The summed E-state index contributed by atoms with van der Waals surface area (Å²) in [6, 6.07) is 16.4. The predicted molar refractivity (Wildman–Crippen MR) is 114 cm³/mol. The van der Waals surface area contributed by atoms with Crippen molar-refractivity contribution in [2.75, 3.05) is 19.3 Å². The highest BCUT2D eigenvalue weighted by Gasteiger charge is 2.40. The molecule has 7 heteroatoms. The molecule has 1 aliphatic carbocycles. The van der Waals surface area contributed by atoms with Gasteiger partial charge in [-0.25, -0.2) is 12.7 Å². The molecule has 158 valence electrons. The number of aryl methyl sites for hydroxylation is 1. The van der Waals surface area contributed by atoms with Crippen molar-refractivity contribution < 1.29 is 18.0 Å². The summed E-state index contributed by atoms with van der Waals surface area (Å²) in [5, 5.41) is 0. The van der Waals surface area contributed by atoms with Gasteiger partial charge < -0.3 is 4.90 Å². The average molecular weight is 427 g/mol. The molecule has 2 aromatic carbocycles. The van der Waals surface area contributed by atoms with E-state index in [4.69, 9.17) is 0 Å². The van der Waals surface area contributed by atoms with Crippen LogP contribution in [-0.4, -0.2) is 48.8 Å². The largest absolute Gasteiger partial charge is 0.339 e. The highest BCUT2D eigenvalue weighted by Crippen LogP contribution is 2.38. The van der Waals surface area contributed by atoms with E-state index in [1.165, 1.54) is 0 Å².